The number of nitrogens with zero attached hydrogens (tertiary/aromatic N) is 2. The van der Waals surface area contributed by atoms with Gasteiger partial charge in [-0.05, 0) is 13.8 Å². The fraction of sp³-hybridized carbons (Fsp3) is 0.667. The number of halogens is 3. The highest BCUT2D eigenvalue weighted by atomic mass is 19.4. The summed E-state index contributed by atoms with van der Waals surface area (Å²) in [5, 5.41) is 3.37. The minimum absolute atomic E-state index is 0.199. The first-order valence-corrected chi connectivity index (χ1v) is 4.41. The molecule has 1 aromatic heterocycles. The molecular weight excluding hydrogens is 193 g/mol. The lowest BCUT2D eigenvalue weighted by Crippen LogP contribution is -2.08. The highest BCUT2D eigenvalue weighted by Crippen LogP contribution is 2.31. The van der Waals surface area contributed by atoms with E-state index >= 15 is 0 Å². The van der Waals surface area contributed by atoms with E-state index in [4.69, 9.17) is 0 Å². The van der Waals surface area contributed by atoms with Gasteiger partial charge in [-0.25, -0.2) is 0 Å². The Morgan fingerprint density at radius 3 is 1.71 bits per heavy atom. The van der Waals surface area contributed by atoms with Crippen LogP contribution >= 0.6 is 0 Å². The Morgan fingerprint density at radius 2 is 1.57 bits per heavy atom. The van der Waals surface area contributed by atoms with Crippen LogP contribution in [0, 0.1) is 13.8 Å². The van der Waals surface area contributed by atoms with E-state index in [1.54, 1.807) is 6.92 Å². The zero-order valence-corrected chi connectivity index (χ0v) is 9.03. The molecule has 0 N–H and O–H groups in total. The van der Waals surface area contributed by atoms with Gasteiger partial charge in [0.1, 0.15) is 0 Å². The van der Waals surface area contributed by atoms with Gasteiger partial charge in [0, 0.05) is 18.3 Å². The molecule has 1 heterocycles. The zero-order chi connectivity index (χ0) is 11.5. The van der Waals surface area contributed by atoms with Gasteiger partial charge in [-0.3, -0.25) is 4.68 Å². The molecule has 2 nitrogen and oxygen atoms in total. The van der Waals surface area contributed by atoms with Gasteiger partial charge in [0.05, 0.1) is 0 Å². The zero-order valence-electron chi connectivity index (χ0n) is 9.03. The maximum Gasteiger partial charge on any atom is 0.435 e. The molecule has 0 unspecified atom stereocenters. The van der Waals surface area contributed by atoms with E-state index in [9.17, 15) is 13.2 Å². The summed E-state index contributed by atoms with van der Waals surface area (Å²) in [7, 11) is 1.50. The third kappa shape index (κ3) is 2.49. The van der Waals surface area contributed by atoms with E-state index in [0.29, 0.717) is 5.69 Å². The number of aryl methyl sites for hydroxylation is 1. The Morgan fingerprint density at radius 1 is 1.14 bits per heavy atom. The lowest BCUT2D eigenvalue weighted by Gasteiger charge is -2.01. The standard InChI is InChI=1S/C7H9F3N2.C2H6/c1-4-5(2)12(3)11-6(4)7(8,9)10;1-2/h1-3H3;1-2H3. The Labute approximate surface area is 81.7 Å². The summed E-state index contributed by atoms with van der Waals surface area (Å²) in [6.45, 7) is 7.03. The van der Waals surface area contributed by atoms with Crippen molar-refractivity contribution in [2.75, 3.05) is 0 Å². The van der Waals surface area contributed by atoms with Crippen molar-refractivity contribution < 1.29 is 13.2 Å². The van der Waals surface area contributed by atoms with Crippen LogP contribution in [0.25, 0.3) is 0 Å². The van der Waals surface area contributed by atoms with Crippen molar-refractivity contribution >= 4 is 0 Å². The van der Waals surface area contributed by atoms with Crippen LogP contribution in [0.4, 0.5) is 13.2 Å². The first-order valence-electron chi connectivity index (χ1n) is 4.41. The normalized spacial score (nSPS) is 10.9. The SMILES string of the molecule is CC.Cc1c(C(F)(F)F)nn(C)c1C. The molecular formula is C9H15F3N2. The molecule has 0 amide bonds. The maximum absolute atomic E-state index is 12.2. The van der Waals surface area contributed by atoms with Crippen molar-refractivity contribution in [2.24, 2.45) is 7.05 Å². The van der Waals surface area contributed by atoms with Crippen LogP contribution in [0.1, 0.15) is 30.8 Å². The van der Waals surface area contributed by atoms with Crippen molar-refractivity contribution in [3.8, 4) is 0 Å². The number of aromatic nitrogens is 2. The van der Waals surface area contributed by atoms with Gasteiger partial charge < -0.3 is 0 Å². The highest BCUT2D eigenvalue weighted by molar-refractivity contribution is 5.25. The van der Waals surface area contributed by atoms with Crippen LogP contribution in [0.15, 0.2) is 0 Å². The average Bonchev–Trinajstić information content (AvgIpc) is 2.36. The summed E-state index contributed by atoms with van der Waals surface area (Å²) >= 11 is 0. The van der Waals surface area contributed by atoms with Gasteiger partial charge in [0.15, 0.2) is 5.69 Å². The smallest absolute Gasteiger partial charge is 0.272 e. The molecule has 0 saturated carbocycles. The van der Waals surface area contributed by atoms with Gasteiger partial charge in [-0.1, -0.05) is 13.8 Å². The van der Waals surface area contributed by atoms with Gasteiger partial charge in [-0.15, -0.1) is 0 Å². The molecule has 0 aliphatic carbocycles. The van der Waals surface area contributed by atoms with E-state index in [1.807, 2.05) is 13.8 Å². The molecule has 0 spiro atoms. The first kappa shape index (κ1) is 13.0. The van der Waals surface area contributed by atoms with Crippen molar-refractivity contribution in [1.82, 2.24) is 9.78 Å². The molecule has 5 heteroatoms. The molecule has 14 heavy (non-hydrogen) atoms. The Kier molecular flexibility index (Phi) is 4.16. The number of hydrogen-bond acceptors (Lipinski definition) is 1. The second-order valence-electron chi connectivity index (χ2n) is 2.68. The summed E-state index contributed by atoms with van der Waals surface area (Å²) in [5.41, 5.74) is -0.0465. The fourth-order valence-corrected chi connectivity index (χ4v) is 0.983. The van der Waals surface area contributed by atoms with Gasteiger partial charge in [0.2, 0.25) is 0 Å². The minimum Gasteiger partial charge on any atom is -0.272 e. The van der Waals surface area contributed by atoms with Crippen molar-refractivity contribution in [1.29, 1.82) is 0 Å². The molecule has 0 bridgehead atoms. The van der Waals surface area contributed by atoms with Crippen LogP contribution < -0.4 is 0 Å². The molecule has 0 aliphatic rings. The topological polar surface area (TPSA) is 17.8 Å². The predicted molar refractivity (Wildman–Crippen MR) is 49.0 cm³/mol. The molecule has 0 aliphatic heterocycles. The van der Waals surface area contributed by atoms with E-state index in [0.717, 1.165) is 0 Å². The number of rotatable bonds is 0. The van der Waals surface area contributed by atoms with Gasteiger partial charge >= 0.3 is 6.18 Å². The van der Waals surface area contributed by atoms with Crippen LogP contribution in [0.2, 0.25) is 0 Å². The summed E-state index contributed by atoms with van der Waals surface area (Å²) in [4.78, 5) is 0. The summed E-state index contributed by atoms with van der Waals surface area (Å²) in [6, 6.07) is 0. The van der Waals surface area contributed by atoms with Crippen LogP contribution in [0.3, 0.4) is 0 Å². The van der Waals surface area contributed by atoms with Crippen molar-refractivity contribution in [3.63, 3.8) is 0 Å². The van der Waals surface area contributed by atoms with E-state index < -0.39 is 11.9 Å². The molecule has 1 aromatic rings. The summed E-state index contributed by atoms with van der Waals surface area (Å²) < 4.78 is 37.7. The molecule has 0 radical (unpaired) electrons. The van der Waals surface area contributed by atoms with Crippen LogP contribution in [-0.2, 0) is 13.2 Å². The van der Waals surface area contributed by atoms with Crippen LogP contribution in [0.5, 0.6) is 0 Å². The summed E-state index contributed by atoms with van der Waals surface area (Å²) in [6.07, 6.45) is -4.34. The van der Waals surface area contributed by atoms with Crippen LogP contribution in [-0.4, -0.2) is 9.78 Å². The average molecular weight is 208 g/mol. The molecule has 0 atom stereocenters. The van der Waals surface area contributed by atoms with Gasteiger partial charge in [-0.2, -0.15) is 18.3 Å². The third-order valence-corrected chi connectivity index (χ3v) is 1.90. The van der Waals surface area contributed by atoms with Crippen molar-refractivity contribution in [3.05, 3.63) is 17.0 Å². The number of alkyl halides is 3. The fourth-order valence-electron chi connectivity index (χ4n) is 0.983. The van der Waals surface area contributed by atoms with E-state index in [1.165, 1.54) is 18.7 Å². The predicted octanol–water partition coefficient (Wildman–Crippen LogP) is 3.08. The highest BCUT2D eigenvalue weighted by Gasteiger charge is 2.36. The Bertz CT molecular complexity index is 300. The lowest BCUT2D eigenvalue weighted by molar-refractivity contribution is -0.141. The summed E-state index contributed by atoms with van der Waals surface area (Å²) in [5.74, 6) is 0. The van der Waals surface area contributed by atoms with E-state index in [2.05, 4.69) is 5.10 Å². The lowest BCUT2D eigenvalue weighted by atomic mass is 10.2. The second kappa shape index (κ2) is 4.48. The number of hydrogen-bond donors (Lipinski definition) is 0. The maximum atomic E-state index is 12.2. The Hall–Kier alpha value is -1.00. The monoisotopic (exact) mass is 208 g/mol. The first-order chi connectivity index (χ1) is 6.34. The quantitative estimate of drug-likeness (QED) is 0.640. The second-order valence-corrected chi connectivity index (χ2v) is 2.68. The molecule has 82 valence electrons. The van der Waals surface area contributed by atoms with E-state index in [-0.39, 0.29) is 5.56 Å². The largest absolute Gasteiger partial charge is 0.435 e. The van der Waals surface area contributed by atoms with Crippen molar-refractivity contribution in [2.45, 2.75) is 33.9 Å². The molecule has 1 rings (SSSR count). The van der Waals surface area contributed by atoms with Gasteiger partial charge in [0.25, 0.3) is 0 Å². The minimum atomic E-state index is -4.34. The Balaban J connectivity index is 0.000000791. The third-order valence-electron chi connectivity index (χ3n) is 1.90. The molecule has 0 fully saturated rings. The molecule has 0 aromatic carbocycles. The molecule has 0 saturated heterocycles.